The molecule has 0 aromatic carbocycles. The number of amides is 1. The van der Waals surface area contributed by atoms with E-state index >= 15 is 0 Å². The lowest BCUT2D eigenvalue weighted by Crippen LogP contribution is -2.19. The molecule has 0 radical (unpaired) electrons. The highest BCUT2D eigenvalue weighted by Crippen LogP contribution is 1.84. The molecular formula is C10H17N3O2. The number of aliphatic imine (C=N–C) groups is 1. The molecule has 1 amide bonds. The zero-order valence-corrected chi connectivity index (χ0v) is 9.12. The Hall–Kier alpha value is -1.62. The van der Waals surface area contributed by atoms with Crippen molar-refractivity contribution in [3.63, 3.8) is 0 Å². The van der Waals surface area contributed by atoms with Gasteiger partial charge in [-0.1, -0.05) is 6.58 Å². The molecule has 84 valence electrons. The van der Waals surface area contributed by atoms with Crippen molar-refractivity contribution in [3.8, 4) is 0 Å². The van der Waals surface area contributed by atoms with E-state index in [1.807, 2.05) is 0 Å². The fourth-order valence-electron chi connectivity index (χ4n) is 0.692. The van der Waals surface area contributed by atoms with E-state index in [9.17, 15) is 4.79 Å². The van der Waals surface area contributed by atoms with E-state index < -0.39 is 0 Å². The second-order valence-corrected chi connectivity index (χ2v) is 2.65. The Kier molecular flexibility index (Phi) is 7.99. The number of hydrogen-bond acceptors (Lipinski definition) is 4. The minimum atomic E-state index is -0.237. The summed E-state index contributed by atoms with van der Waals surface area (Å²) in [5, 5.41) is 5.40. The summed E-state index contributed by atoms with van der Waals surface area (Å²) in [6.07, 6.45) is 4.61. The van der Waals surface area contributed by atoms with Crippen molar-refractivity contribution in [2.75, 3.05) is 27.3 Å². The average molecular weight is 211 g/mol. The fourth-order valence-corrected chi connectivity index (χ4v) is 0.692. The van der Waals surface area contributed by atoms with E-state index in [1.165, 1.54) is 6.21 Å². The van der Waals surface area contributed by atoms with Crippen LogP contribution < -0.4 is 10.6 Å². The second kappa shape index (κ2) is 8.96. The van der Waals surface area contributed by atoms with Crippen molar-refractivity contribution in [2.24, 2.45) is 4.99 Å². The summed E-state index contributed by atoms with van der Waals surface area (Å²) in [6, 6.07) is 0. The van der Waals surface area contributed by atoms with Gasteiger partial charge in [0.2, 0.25) is 0 Å². The summed E-state index contributed by atoms with van der Waals surface area (Å²) >= 11 is 0. The summed E-state index contributed by atoms with van der Waals surface area (Å²) in [5.74, 6) is -0.237. The molecule has 0 heterocycles. The van der Waals surface area contributed by atoms with Gasteiger partial charge in [0.25, 0.3) is 5.91 Å². The first-order valence-corrected chi connectivity index (χ1v) is 4.54. The number of hydrogen-bond donors (Lipinski definition) is 2. The summed E-state index contributed by atoms with van der Waals surface area (Å²) in [7, 11) is 3.18. The van der Waals surface area contributed by atoms with Gasteiger partial charge < -0.3 is 15.4 Å². The largest absolute Gasteiger partial charge is 0.387 e. The molecule has 0 aliphatic rings. The molecule has 0 aromatic heterocycles. The number of ether oxygens (including phenoxy) is 1. The number of likely N-dealkylation sites (N-methyl/N-ethyl adjacent to an activating group) is 1. The van der Waals surface area contributed by atoms with Gasteiger partial charge >= 0.3 is 0 Å². The number of rotatable bonds is 7. The molecule has 0 fully saturated rings. The molecule has 0 bridgehead atoms. The van der Waals surface area contributed by atoms with Gasteiger partial charge in [0.1, 0.15) is 0 Å². The quantitative estimate of drug-likeness (QED) is 0.356. The average Bonchev–Trinajstić information content (AvgIpc) is 2.26. The molecule has 0 aliphatic heterocycles. The molecule has 0 saturated carbocycles. The zero-order valence-electron chi connectivity index (χ0n) is 9.12. The van der Waals surface area contributed by atoms with Crippen LogP contribution >= 0.6 is 0 Å². The molecule has 0 saturated heterocycles. The van der Waals surface area contributed by atoms with Crippen LogP contribution in [0.2, 0.25) is 0 Å². The molecule has 0 spiro atoms. The van der Waals surface area contributed by atoms with Gasteiger partial charge in [0.05, 0.1) is 12.2 Å². The minimum Gasteiger partial charge on any atom is -0.387 e. The maximum absolute atomic E-state index is 11.0. The SMILES string of the molecule is C=C(/C=N\C=C\NCCOC)C(=O)NC. The van der Waals surface area contributed by atoms with Crippen LogP contribution in [-0.2, 0) is 9.53 Å². The molecule has 0 aromatic rings. The van der Waals surface area contributed by atoms with E-state index in [0.29, 0.717) is 12.2 Å². The molecule has 0 unspecified atom stereocenters. The van der Waals surface area contributed by atoms with Gasteiger partial charge in [-0.25, -0.2) is 0 Å². The number of carbonyl (C=O) groups excluding carboxylic acids is 1. The van der Waals surface area contributed by atoms with Crippen molar-refractivity contribution in [1.29, 1.82) is 0 Å². The predicted octanol–water partition coefficient (Wildman–Crippen LogP) is 0.0666. The Balaban J connectivity index is 3.69. The highest BCUT2D eigenvalue weighted by molar-refractivity contribution is 6.11. The highest BCUT2D eigenvalue weighted by Gasteiger charge is 1.98. The Labute approximate surface area is 89.9 Å². The van der Waals surface area contributed by atoms with Crippen LogP contribution in [0.4, 0.5) is 0 Å². The first kappa shape index (κ1) is 13.4. The number of nitrogens with one attached hydrogen (secondary N) is 2. The van der Waals surface area contributed by atoms with Crippen molar-refractivity contribution >= 4 is 12.1 Å². The van der Waals surface area contributed by atoms with E-state index in [0.717, 1.165) is 6.54 Å². The summed E-state index contributed by atoms with van der Waals surface area (Å²) in [4.78, 5) is 14.8. The van der Waals surface area contributed by atoms with Crippen molar-refractivity contribution in [2.45, 2.75) is 0 Å². The van der Waals surface area contributed by atoms with Gasteiger partial charge in [-0.2, -0.15) is 0 Å². The van der Waals surface area contributed by atoms with Crippen LogP contribution in [-0.4, -0.2) is 39.4 Å². The van der Waals surface area contributed by atoms with Gasteiger partial charge in [-0.3, -0.25) is 9.79 Å². The topological polar surface area (TPSA) is 62.7 Å². The summed E-state index contributed by atoms with van der Waals surface area (Å²) in [5.41, 5.74) is 0.319. The van der Waals surface area contributed by atoms with E-state index in [2.05, 4.69) is 22.2 Å². The lowest BCUT2D eigenvalue weighted by atomic mass is 10.3. The third kappa shape index (κ3) is 7.45. The third-order valence-corrected chi connectivity index (χ3v) is 1.48. The Morgan fingerprint density at radius 2 is 2.33 bits per heavy atom. The normalized spacial score (nSPS) is 10.8. The second-order valence-electron chi connectivity index (χ2n) is 2.65. The van der Waals surface area contributed by atoms with Gasteiger partial charge in [-0.15, -0.1) is 0 Å². The Bertz CT molecular complexity index is 259. The first-order chi connectivity index (χ1) is 7.22. The molecule has 5 nitrogen and oxygen atoms in total. The van der Waals surface area contributed by atoms with Crippen LogP contribution in [0.15, 0.2) is 29.5 Å². The van der Waals surface area contributed by atoms with Gasteiger partial charge in [0, 0.05) is 39.3 Å². The number of nitrogens with zero attached hydrogens (tertiary/aromatic N) is 1. The zero-order chi connectivity index (χ0) is 11.5. The molecule has 15 heavy (non-hydrogen) atoms. The van der Waals surface area contributed by atoms with Crippen LogP contribution in [0.1, 0.15) is 0 Å². The number of methoxy groups -OCH3 is 1. The van der Waals surface area contributed by atoms with Crippen LogP contribution in [0.3, 0.4) is 0 Å². The monoisotopic (exact) mass is 211 g/mol. The minimum absolute atomic E-state index is 0.237. The van der Waals surface area contributed by atoms with Gasteiger partial charge in [-0.05, 0) is 0 Å². The maximum atomic E-state index is 11.0. The van der Waals surface area contributed by atoms with E-state index in [1.54, 1.807) is 26.6 Å². The predicted molar refractivity (Wildman–Crippen MR) is 60.7 cm³/mol. The Morgan fingerprint density at radius 1 is 1.60 bits per heavy atom. The van der Waals surface area contributed by atoms with Crippen molar-refractivity contribution < 1.29 is 9.53 Å². The number of carbonyl (C=O) groups is 1. The summed E-state index contributed by atoms with van der Waals surface area (Å²) in [6.45, 7) is 4.90. The molecule has 0 rings (SSSR count). The molecule has 0 atom stereocenters. The third-order valence-electron chi connectivity index (χ3n) is 1.48. The molecule has 5 heteroatoms. The fraction of sp³-hybridized carbons (Fsp3) is 0.400. The highest BCUT2D eigenvalue weighted by atomic mass is 16.5. The summed E-state index contributed by atoms with van der Waals surface area (Å²) < 4.78 is 4.83. The van der Waals surface area contributed by atoms with E-state index in [4.69, 9.17) is 4.74 Å². The lowest BCUT2D eigenvalue weighted by Gasteiger charge is -1.97. The van der Waals surface area contributed by atoms with Crippen molar-refractivity contribution in [1.82, 2.24) is 10.6 Å². The van der Waals surface area contributed by atoms with Crippen LogP contribution in [0, 0.1) is 0 Å². The van der Waals surface area contributed by atoms with Crippen LogP contribution in [0.5, 0.6) is 0 Å². The Morgan fingerprint density at radius 3 is 2.93 bits per heavy atom. The van der Waals surface area contributed by atoms with Crippen molar-refractivity contribution in [3.05, 3.63) is 24.6 Å². The lowest BCUT2D eigenvalue weighted by molar-refractivity contribution is -0.116. The smallest absolute Gasteiger partial charge is 0.251 e. The molecule has 0 aliphatic carbocycles. The first-order valence-electron chi connectivity index (χ1n) is 4.54. The van der Waals surface area contributed by atoms with Gasteiger partial charge in [0.15, 0.2) is 0 Å². The molecule has 2 N–H and O–H groups in total. The molecular weight excluding hydrogens is 194 g/mol. The standard InChI is InChI=1S/C10H17N3O2/c1-9(10(14)11-2)8-13-5-4-12-6-7-15-3/h4-5,8,12H,1,6-7H2,2-3H3,(H,11,14)/b5-4+,13-8-. The van der Waals surface area contributed by atoms with Crippen LogP contribution in [0.25, 0.3) is 0 Å². The maximum Gasteiger partial charge on any atom is 0.251 e. The van der Waals surface area contributed by atoms with E-state index in [-0.39, 0.29) is 5.91 Å².